The number of aromatic hydroxyl groups is 1. The van der Waals surface area contributed by atoms with Crippen LogP contribution in [-0.4, -0.2) is 21.2 Å². The number of carboxylic acids is 1. The minimum absolute atomic E-state index is 0.124. The van der Waals surface area contributed by atoms with Gasteiger partial charge < -0.3 is 10.2 Å². The van der Waals surface area contributed by atoms with Crippen molar-refractivity contribution in [2.45, 2.75) is 6.42 Å². The molecule has 4 aromatic rings. The van der Waals surface area contributed by atoms with Gasteiger partial charge in [-0.3, -0.25) is 0 Å². The highest BCUT2D eigenvalue weighted by Gasteiger charge is 2.21. The van der Waals surface area contributed by atoms with Gasteiger partial charge in [-0.15, -0.1) is 0 Å². The number of thiophene rings is 1. The van der Waals surface area contributed by atoms with Crippen molar-refractivity contribution >= 4 is 39.8 Å². The number of pyridine rings is 1. The molecular formula is C21H14ClNO3S. The van der Waals surface area contributed by atoms with Crippen molar-refractivity contribution < 1.29 is 15.0 Å². The lowest BCUT2D eigenvalue weighted by molar-refractivity contribution is 0.0695. The van der Waals surface area contributed by atoms with Gasteiger partial charge in [0.25, 0.3) is 0 Å². The Morgan fingerprint density at radius 2 is 1.89 bits per heavy atom. The summed E-state index contributed by atoms with van der Waals surface area (Å²) in [6.45, 7) is 0. The zero-order valence-electron chi connectivity index (χ0n) is 14.0. The Balaban J connectivity index is 1.96. The molecule has 6 heteroatoms. The number of carbonyl (C=O) groups is 1. The number of aromatic nitrogens is 1. The Morgan fingerprint density at radius 1 is 1.11 bits per heavy atom. The van der Waals surface area contributed by atoms with Gasteiger partial charge in [0.05, 0.1) is 11.2 Å². The van der Waals surface area contributed by atoms with E-state index < -0.39 is 5.97 Å². The van der Waals surface area contributed by atoms with E-state index in [1.165, 1.54) is 0 Å². The SMILES string of the molecule is O=C(O)c1c(O)c(Cc2ccc(Cl)cc2)nc2c(-c3ccsc3)cccc12. The molecule has 0 spiro atoms. The van der Waals surface area contributed by atoms with E-state index in [0.717, 1.165) is 16.7 Å². The smallest absolute Gasteiger partial charge is 0.340 e. The highest BCUT2D eigenvalue weighted by Crippen LogP contribution is 2.36. The van der Waals surface area contributed by atoms with E-state index in [2.05, 4.69) is 4.98 Å². The molecule has 0 amide bonds. The topological polar surface area (TPSA) is 70.4 Å². The van der Waals surface area contributed by atoms with Crippen molar-refractivity contribution in [1.82, 2.24) is 4.98 Å². The maximum Gasteiger partial charge on any atom is 0.340 e. The number of halogens is 1. The van der Waals surface area contributed by atoms with E-state index in [1.807, 2.05) is 35.0 Å². The standard InChI is InChI=1S/C21H14ClNO3S/c22-14-6-4-12(5-7-14)10-17-20(24)18(21(25)26)16-3-1-2-15(19(16)23-17)13-8-9-27-11-13/h1-9,11,24H,10H2,(H,25,26). The quantitative estimate of drug-likeness (QED) is 0.471. The molecule has 27 heavy (non-hydrogen) atoms. The van der Waals surface area contributed by atoms with E-state index in [9.17, 15) is 15.0 Å². The van der Waals surface area contributed by atoms with Gasteiger partial charge in [-0.05, 0) is 40.1 Å². The van der Waals surface area contributed by atoms with Crippen LogP contribution in [0.15, 0.2) is 59.3 Å². The molecule has 0 atom stereocenters. The molecular weight excluding hydrogens is 382 g/mol. The van der Waals surface area contributed by atoms with Crippen molar-refractivity contribution in [3.8, 4) is 16.9 Å². The summed E-state index contributed by atoms with van der Waals surface area (Å²) in [5.74, 6) is -1.48. The number of hydrogen-bond acceptors (Lipinski definition) is 4. The van der Waals surface area contributed by atoms with Crippen LogP contribution in [0.4, 0.5) is 0 Å². The predicted molar refractivity (Wildman–Crippen MR) is 108 cm³/mol. The lowest BCUT2D eigenvalue weighted by Crippen LogP contribution is -2.05. The summed E-state index contributed by atoms with van der Waals surface area (Å²) in [6.07, 6.45) is 0.303. The molecule has 0 aliphatic heterocycles. The predicted octanol–water partition coefficient (Wildman–Crippen LogP) is 5.61. The number of rotatable bonds is 4. The third-order valence-corrected chi connectivity index (χ3v) is 5.33. The third kappa shape index (κ3) is 3.27. The molecule has 2 N–H and O–H groups in total. The first-order valence-corrected chi connectivity index (χ1v) is 9.51. The number of carboxylic acid groups (broad SMARTS) is 1. The summed E-state index contributed by atoms with van der Waals surface area (Å²) in [5.41, 5.74) is 3.46. The number of nitrogens with zero attached hydrogens (tertiary/aromatic N) is 1. The van der Waals surface area contributed by atoms with E-state index in [-0.39, 0.29) is 11.3 Å². The Bertz CT molecular complexity index is 1140. The highest BCUT2D eigenvalue weighted by molar-refractivity contribution is 7.08. The van der Waals surface area contributed by atoms with Gasteiger partial charge in [0.15, 0.2) is 5.75 Å². The molecule has 2 heterocycles. The second kappa shape index (κ2) is 7.02. The molecule has 4 rings (SSSR count). The molecule has 4 nitrogen and oxygen atoms in total. The molecule has 0 aliphatic carbocycles. The number of hydrogen-bond donors (Lipinski definition) is 2. The Labute approximate surface area is 164 Å². The Hall–Kier alpha value is -2.89. The average Bonchev–Trinajstić information content (AvgIpc) is 3.18. The second-order valence-corrected chi connectivity index (χ2v) is 7.32. The summed E-state index contributed by atoms with van der Waals surface area (Å²) in [4.78, 5) is 16.5. The minimum Gasteiger partial charge on any atom is -0.505 e. The van der Waals surface area contributed by atoms with Crippen molar-refractivity contribution in [2.24, 2.45) is 0 Å². The molecule has 0 saturated heterocycles. The first-order chi connectivity index (χ1) is 13.0. The molecule has 2 aromatic carbocycles. The van der Waals surface area contributed by atoms with Crippen LogP contribution in [0.5, 0.6) is 5.75 Å². The maximum atomic E-state index is 11.9. The minimum atomic E-state index is -1.18. The molecule has 0 radical (unpaired) electrons. The first-order valence-electron chi connectivity index (χ1n) is 8.19. The zero-order chi connectivity index (χ0) is 19.0. The van der Waals surface area contributed by atoms with E-state index in [0.29, 0.717) is 28.0 Å². The summed E-state index contributed by atoms with van der Waals surface area (Å²) in [6, 6.07) is 14.5. The molecule has 0 unspecified atom stereocenters. The Kier molecular flexibility index (Phi) is 4.56. The van der Waals surface area contributed by atoms with Crippen LogP contribution in [0, 0.1) is 0 Å². The molecule has 0 fully saturated rings. The Morgan fingerprint density at radius 3 is 2.56 bits per heavy atom. The van der Waals surface area contributed by atoms with Gasteiger partial charge in [-0.25, -0.2) is 9.78 Å². The van der Waals surface area contributed by atoms with Crippen LogP contribution < -0.4 is 0 Å². The highest BCUT2D eigenvalue weighted by atomic mass is 35.5. The summed E-state index contributed by atoms with van der Waals surface area (Å²) in [5, 5.41) is 25.3. The number of para-hydroxylation sites is 1. The van der Waals surface area contributed by atoms with Crippen LogP contribution in [0.25, 0.3) is 22.0 Å². The fourth-order valence-corrected chi connectivity index (χ4v) is 3.89. The first kappa shape index (κ1) is 17.5. The zero-order valence-corrected chi connectivity index (χ0v) is 15.6. The van der Waals surface area contributed by atoms with Crippen molar-refractivity contribution in [3.63, 3.8) is 0 Å². The number of aromatic carboxylic acids is 1. The van der Waals surface area contributed by atoms with E-state index in [4.69, 9.17) is 11.6 Å². The number of fused-ring (bicyclic) bond motifs is 1. The van der Waals surface area contributed by atoms with Gasteiger partial charge >= 0.3 is 5.97 Å². The molecule has 134 valence electrons. The van der Waals surface area contributed by atoms with Crippen LogP contribution in [-0.2, 0) is 6.42 Å². The van der Waals surface area contributed by atoms with Gasteiger partial charge in [-0.1, -0.05) is 41.9 Å². The van der Waals surface area contributed by atoms with E-state index >= 15 is 0 Å². The fraction of sp³-hybridized carbons (Fsp3) is 0.0476. The summed E-state index contributed by atoms with van der Waals surface area (Å²) < 4.78 is 0. The monoisotopic (exact) mass is 395 g/mol. The fourth-order valence-electron chi connectivity index (χ4n) is 3.11. The molecule has 2 aromatic heterocycles. The second-order valence-electron chi connectivity index (χ2n) is 6.10. The summed E-state index contributed by atoms with van der Waals surface area (Å²) in [7, 11) is 0. The molecule has 0 saturated carbocycles. The largest absolute Gasteiger partial charge is 0.505 e. The third-order valence-electron chi connectivity index (χ3n) is 4.39. The van der Waals surface area contributed by atoms with Crippen LogP contribution >= 0.6 is 22.9 Å². The van der Waals surface area contributed by atoms with Gasteiger partial charge in [0, 0.05) is 22.4 Å². The lowest BCUT2D eigenvalue weighted by atomic mass is 9.98. The van der Waals surface area contributed by atoms with Crippen molar-refractivity contribution in [1.29, 1.82) is 0 Å². The number of benzene rings is 2. The van der Waals surface area contributed by atoms with Crippen LogP contribution in [0.2, 0.25) is 5.02 Å². The van der Waals surface area contributed by atoms with Crippen molar-refractivity contribution in [3.05, 3.63) is 81.1 Å². The van der Waals surface area contributed by atoms with Gasteiger partial charge in [0.2, 0.25) is 0 Å². The normalized spacial score (nSPS) is 11.0. The van der Waals surface area contributed by atoms with Crippen molar-refractivity contribution in [2.75, 3.05) is 0 Å². The molecule has 0 aliphatic rings. The average molecular weight is 396 g/mol. The van der Waals surface area contributed by atoms with E-state index in [1.54, 1.807) is 35.6 Å². The lowest BCUT2D eigenvalue weighted by Gasteiger charge is -2.13. The van der Waals surface area contributed by atoms with Crippen LogP contribution in [0.1, 0.15) is 21.6 Å². The molecule has 0 bridgehead atoms. The van der Waals surface area contributed by atoms with Gasteiger partial charge in [-0.2, -0.15) is 11.3 Å². The van der Waals surface area contributed by atoms with Gasteiger partial charge in [0.1, 0.15) is 5.56 Å². The van der Waals surface area contributed by atoms with Crippen LogP contribution in [0.3, 0.4) is 0 Å². The summed E-state index contributed by atoms with van der Waals surface area (Å²) >= 11 is 7.49. The maximum absolute atomic E-state index is 11.9.